The van der Waals surface area contributed by atoms with E-state index in [1.807, 2.05) is 0 Å². The fraction of sp³-hybridized carbons (Fsp3) is 0.364. The predicted molar refractivity (Wildman–Crippen MR) is 114 cm³/mol. The van der Waals surface area contributed by atoms with Gasteiger partial charge in [-0.2, -0.15) is 4.31 Å². The summed E-state index contributed by atoms with van der Waals surface area (Å²) in [5, 5.41) is 0. The lowest BCUT2D eigenvalue weighted by Gasteiger charge is -2.29. The van der Waals surface area contributed by atoms with Gasteiger partial charge in [0.05, 0.1) is 10.5 Å². The van der Waals surface area contributed by atoms with Crippen LogP contribution in [0.5, 0.6) is 5.75 Å². The Morgan fingerprint density at radius 3 is 2.42 bits per heavy atom. The van der Waals surface area contributed by atoms with Crippen LogP contribution >= 0.6 is 0 Å². The topological polar surface area (TPSA) is 116 Å². The number of ether oxygens (including phenoxy) is 2. The number of amides is 1. The molecule has 1 aliphatic rings. The third-order valence-electron chi connectivity index (χ3n) is 5.12. The SMILES string of the molecule is CC1CCN(S(=O)(=O)c2ccc(C(=O)OCc3cccc(OCC(N)=O)c3)cc2)CC1. The first kappa shape index (κ1) is 22.8. The van der Waals surface area contributed by atoms with E-state index in [9.17, 15) is 18.0 Å². The summed E-state index contributed by atoms with van der Waals surface area (Å²) in [7, 11) is -3.57. The van der Waals surface area contributed by atoms with Crippen LogP contribution in [0.15, 0.2) is 53.4 Å². The smallest absolute Gasteiger partial charge is 0.338 e. The summed E-state index contributed by atoms with van der Waals surface area (Å²) >= 11 is 0. The van der Waals surface area contributed by atoms with Gasteiger partial charge in [-0.25, -0.2) is 13.2 Å². The molecule has 0 atom stereocenters. The van der Waals surface area contributed by atoms with Gasteiger partial charge in [0.25, 0.3) is 5.91 Å². The number of nitrogens with zero attached hydrogens (tertiary/aromatic N) is 1. The van der Waals surface area contributed by atoms with Crippen molar-refractivity contribution in [1.82, 2.24) is 4.31 Å². The highest BCUT2D eigenvalue weighted by atomic mass is 32.2. The number of benzene rings is 2. The minimum absolute atomic E-state index is 0.00137. The summed E-state index contributed by atoms with van der Waals surface area (Å²) in [6.45, 7) is 2.90. The van der Waals surface area contributed by atoms with Crippen molar-refractivity contribution in [2.45, 2.75) is 31.3 Å². The first-order chi connectivity index (χ1) is 14.8. The molecule has 0 aromatic heterocycles. The Balaban J connectivity index is 1.59. The second-order valence-corrected chi connectivity index (χ2v) is 9.53. The zero-order valence-corrected chi connectivity index (χ0v) is 18.1. The largest absolute Gasteiger partial charge is 0.484 e. The molecular weight excluding hydrogens is 420 g/mol. The molecule has 2 aromatic rings. The molecule has 166 valence electrons. The second-order valence-electron chi connectivity index (χ2n) is 7.59. The van der Waals surface area contributed by atoms with E-state index in [2.05, 4.69) is 6.92 Å². The summed E-state index contributed by atoms with van der Waals surface area (Å²) in [6.07, 6.45) is 1.69. The molecule has 0 spiro atoms. The Hall–Kier alpha value is -2.91. The molecule has 1 aliphatic heterocycles. The molecule has 0 bridgehead atoms. The lowest BCUT2D eigenvalue weighted by molar-refractivity contribution is -0.119. The van der Waals surface area contributed by atoms with Gasteiger partial charge in [0.2, 0.25) is 10.0 Å². The number of nitrogens with two attached hydrogens (primary N) is 1. The average Bonchev–Trinajstić information content (AvgIpc) is 2.77. The highest BCUT2D eigenvalue weighted by Gasteiger charge is 2.28. The van der Waals surface area contributed by atoms with Gasteiger partial charge < -0.3 is 15.2 Å². The molecule has 0 radical (unpaired) electrons. The Kier molecular flexibility index (Phi) is 7.29. The number of carbonyl (C=O) groups excluding carboxylic acids is 2. The Morgan fingerprint density at radius 2 is 1.77 bits per heavy atom. The van der Waals surface area contributed by atoms with E-state index >= 15 is 0 Å². The summed E-state index contributed by atoms with van der Waals surface area (Å²) in [5.41, 5.74) is 5.98. The van der Waals surface area contributed by atoms with Crippen LogP contribution in [0, 0.1) is 5.92 Å². The first-order valence-corrected chi connectivity index (χ1v) is 11.5. The van der Waals surface area contributed by atoms with E-state index in [4.69, 9.17) is 15.2 Å². The lowest BCUT2D eigenvalue weighted by atomic mass is 10.0. The minimum Gasteiger partial charge on any atom is -0.484 e. The summed E-state index contributed by atoms with van der Waals surface area (Å²) in [5.74, 6) is -0.190. The zero-order valence-electron chi connectivity index (χ0n) is 17.3. The van der Waals surface area contributed by atoms with Crippen molar-refractivity contribution < 1.29 is 27.5 Å². The van der Waals surface area contributed by atoms with E-state index in [1.165, 1.54) is 28.6 Å². The summed E-state index contributed by atoms with van der Waals surface area (Å²) in [6, 6.07) is 12.5. The van der Waals surface area contributed by atoms with Crippen molar-refractivity contribution in [2.75, 3.05) is 19.7 Å². The van der Waals surface area contributed by atoms with Crippen LogP contribution < -0.4 is 10.5 Å². The quantitative estimate of drug-likeness (QED) is 0.622. The predicted octanol–water partition coefficient (Wildman–Crippen LogP) is 2.33. The fourth-order valence-corrected chi connectivity index (χ4v) is 4.72. The van der Waals surface area contributed by atoms with Gasteiger partial charge in [-0.3, -0.25) is 4.79 Å². The number of rotatable bonds is 8. The van der Waals surface area contributed by atoms with E-state index < -0.39 is 21.9 Å². The van der Waals surface area contributed by atoms with Crippen LogP contribution in [0.1, 0.15) is 35.7 Å². The van der Waals surface area contributed by atoms with Crippen molar-refractivity contribution in [3.63, 3.8) is 0 Å². The van der Waals surface area contributed by atoms with Gasteiger partial charge in [0.15, 0.2) is 6.61 Å². The van der Waals surface area contributed by atoms with E-state index in [0.29, 0.717) is 30.3 Å². The lowest BCUT2D eigenvalue weighted by Crippen LogP contribution is -2.37. The maximum Gasteiger partial charge on any atom is 0.338 e. The van der Waals surface area contributed by atoms with E-state index in [0.717, 1.165) is 12.8 Å². The maximum atomic E-state index is 12.8. The number of hydrogen-bond acceptors (Lipinski definition) is 6. The van der Waals surface area contributed by atoms with Gasteiger partial charge >= 0.3 is 5.97 Å². The van der Waals surface area contributed by atoms with Crippen LogP contribution in [0.4, 0.5) is 0 Å². The Labute approximate surface area is 182 Å². The molecule has 3 rings (SSSR count). The van der Waals surface area contributed by atoms with Gasteiger partial charge in [0, 0.05) is 13.1 Å². The van der Waals surface area contributed by atoms with E-state index in [1.54, 1.807) is 24.3 Å². The van der Waals surface area contributed by atoms with Crippen molar-refractivity contribution in [3.8, 4) is 5.75 Å². The molecule has 1 amide bonds. The number of primary amides is 1. The zero-order chi connectivity index (χ0) is 22.4. The molecule has 1 fully saturated rings. The summed E-state index contributed by atoms with van der Waals surface area (Å²) < 4.78 is 37.6. The second kappa shape index (κ2) is 9.93. The van der Waals surface area contributed by atoms with Crippen molar-refractivity contribution in [1.29, 1.82) is 0 Å². The molecule has 0 unspecified atom stereocenters. The monoisotopic (exact) mass is 446 g/mol. The van der Waals surface area contributed by atoms with Crippen LogP contribution in [0.25, 0.3) is 0 Å². The van der Waals surface area contributed by atoms with E-state index in [-0.39, 0.29) is 23.7 Å². The fourth-order valence-electron chi connectivity index (χ4n) is 3.25. The van der Waals surface area contributed by atoms with Gasteiger partial charge in [-0.1, -0.05) is 19.1 Å². The number of hydrogen-bond donors (Lipinski definition) is 1. The molecule has 31 heavy (non-hydrogen) atoms. The van der Waals surface area contributed by atoms with Crippen LogP contribution in [-0.2, 0) is 26.2 Å². The number of esters is 1. The molecule has 0 aliphatic carbocycles. The van der Waals surface area contributed by atoms with Crippen LogP contribution in [-0.4, -0.2) is 44.3 Å². The third-order valence-corrected chi connectivity index (χ3v) is 7.03. The van der Waals surface area contributed by atoms with Crippen molar-refractivity contribution in [2.24, 2.45) is 11.7 Å². The van der Waals surface area contributed by atoms with Crippen LogP contribution in [0.2, 0.25) is 0 Å². The molecule has 0 saturated carbocycles. The molecule has 1 saturated heterocycles. The molecule has 9 heteroatoms. The van der Waals surface area contributed by atoms with Gasteiger partial charge in [0.1, 0.15) is 12.4 Å². The Bertz CT molecular complexity index is 1030. The first-order valence-electron chi connectivity index (χ1n) is 10.0. The molecule has 2 aromatic carbocycles. The highest BCUT2D eigenvalue weighted by Crippen LogP contribution is 2.24. The molecule has 8 nitrogen and oxygen atoms in total. The standard InChI is InChI=1S/C22H26N2O6S/c1-16-9-11-24(12-10-16)31(27,28)20-7-5-18(6-8-20)22(26)30-14-17-3-2-4-19(13-17)29-15-21(23)25/h2-8,13,16H,9-12,14-15H2,1H3,(H2,23,25). The third kappa shape index (κ3) is 6.05. The molecule has 1 heterocycles. The Morgan fingerprint density at radius 1 is 1.10 bits per heavy atom. The minimum atomic E-state index is -3.57. The molecule has 2 N–H and O–H groups in total. The normalized spacial score (nSPS) is 15.4. The average molecular weight is 447 g/mol. The molecular formula is C22H26N2O6S. The number of sulfonamides is 1. The van der Waals surface area contributed by atoms with Gasteiger partial charge in [-0.05, 0) is 60.7 Å². The van der Waals surface area contributed by atoms with Crippen molar-refractivity contribution in [3.05, 3.63) is 59.7 Å². The maximum absolute atomic E-state index is 12.8. The summed E-state index contributed by atoms with van der Waals surface area (Å²) in [4.78, 5) is 23.3. The number of carbonyl (C=O) groups is 2. The van der Waals surface area contributed by atoms with Crippen LogP contribution in [0.3, 0.4) is 0 Å². The number of piperidine rings is 1. The van der Waals surface area contributed by atoms with Crippen molar-refractivity contribution >= 4 is 21.9 Å². The highest BCUT2D eigenvalue weighted by molar-refractivity contribution is 7.89. The van der Waals surface area contributed by atoms with Gasteiger partial charge in [-0.15, -0.1) is 0 Å².